The Morgan fingerprint density at radius 1 is 1.00 bits per heavy atom. The summed E-state index contributed by atoms with van der Waals surface area (Å²) < 4.78 is 11.4. The van der Waals surface area contributed by atoms with Crippen LogP contribution in [0.15, 0.2) is 48.5 Å². The number of amides is 2. The van der Waals surface area contributed by atoms with Gasteiger partial charge < -0.3 is 19.7 Å². The van der Waals surface area contributed by atoms with Crippen molar-refractivity contribution in [2.45, 2.75) is 52.0 Å². The number of hydrogen-bond acceptors (Lipinski definition) is 4. The molecule has 2 aromatic rings. The van der Waals surface area contributed by atoms with Crippen molar-refractivity contribution in [2.24, 2.45) is 0 Å². The molecular weight excluding hydrogens is 404 g/mol. The van der Waals surface area contributed by atoms with E-state index in [9.17, 15) is 9.59 Å². The maximum Gasteiger partial charge on any atom is 0.260 e. The van der Waals surface area contributed by atoms with Gasteiger partial charge in [-0.1, -0.05) is 30.3 Å². The Morgan fingerprint density at radius 3 is 2.47 bits per heavy atom. The topological polar surface area (TPSA) is 67.9 Å². The molecule has 1 aliphatic heterocycles. The largest absolute Gasteiger partial charge is 0.490 e. The number of nitrogens with one attached hydrogen (secondary N) is 1. The molecule has 3 rings (SSSR count). The fourth-order valence-electron chi connectivity index (χ4n) is 3.82. The molecular formula is C26H34N2O4. The number of carbonyl (C=O) groups excluding carboxylic acids is 2. The predicted molar refractivity (Wildman–Crippen MR) is 125 cm³/mol. The van der Waals surface area contributed by atoms with E-state index < -0.39 is 0 Å². The molecule has 1 aliphatic rings. The van der Waals surface area contributed by atoms with Crippen molar-refractivity contribution in [1.82, 2.24) is 10.2 Å². The van der Waals surface area contributed by atoms with E-state index >= 15 is 0 Å². The van der Waals surface area contributed by atoms with Crippen LogP contribution in [0.4, 0.5) is 0 Å². The molecule has 0 aliphatic carbocycles. The summed E-state index contributed by atoms with van der Waals surface area (Å²) in [6.07, 6.45) is 5.03. The molecule has 1 fully saturated rings. The predicted octanol–water partition coefficient (Wildman–Crippen LogP) is 4.23. The third-order valence-corrected chi connectivity index (χ3v) is 5.65. The minimum absolute atomic E-state index is 0.0128. The molecule has 2 amide bonds. The minimum atomic E-state index is -0.151. The summed E-state index contributed by atoms with van der Waals surface area (Å²) in [7, 11) is 0. The Hall–Kier alpha value is -3.02. The molecule has 32 heavy (non-hydrogen) atoms. The first-order valence-electron chi connectivity index (χ1n) is 11.6. The van der Waals surface area contributed by atoms with Crippen molar-refractivity contribution in [3.63, 3.8) is 0 Å². The van der Waals surface area contributed by atoms with E-state index in [1.807, 2.05) is 36.9 Å². The SMILES string of the molecule is CCOc1cc(C(=O)NC(C)CCc2ccccc2)ccc1OCC(=O)N1CCCCC1. The summed E-state index contributed by atoms with van der Waals surface area (Å²) >= 11 is 0. The molecule has 0 radical (unpaired) electrons. The van der Waals surface area contributed by atoms with Crippen LogP contribution in [0.1, 0.15) is 55.5 Å². The van der Waals surface area contributed by atoms with E-state index in [-0.39, 0.29) is 24.5 Å². The highest BCUT2D eigenvalue weighted by atomic mass is 16.5. The summed E-state index contributed by atoms with van der Waals surface area (Å²) in [6, 6.07) is 15.4. The average molecular weight is 439 g/mol. The Kier molecular flexibility index (Phi) is 8.96. The Morgan fingerprint density at radius 2 is 1.75 bits per heavy atom. The van der Waals surface area contributed by atoms with Gasteiger partial charge in [0.25, 0.3) is 11.8 Å². The van der Waals surface area contributed by atoms with Gasteiger partial charge in [-0.2, -0.15) is 0 Å². The quantitative estimate of drug-likeness (QED) is 0.603. The zero-order chi connectivity index (χ0) is 22.8. The first-order valence-corrected chi connectivity index (χ1v) is 11.6. The van der Waals surface area contributed by atoms with Crippen LogP contribution in [0.3, 0.4) is 0 Å². The fraction of sp³-hybridized carbons (Fsp3) is 0.462. The second kappa shape index (κ2) is 12.1. The van der Waals surface area contributed by atoms with Crippen molar-refractivity contribution in [3.05, 3.63) is 59.7 Å². The Labute approximate surface area is 190 Å². The van der Waals surface area contributed by atoms with Crippen LogP contribution in [0.25, 0.3) is 0 Å². The van der Waals surface area contributed by atoms with Crippen LogP contribution in [0, 0.1) is 0 Å². The molecule has 0 saturated carbocycles. The molecule has 2 aromatic carbocycles. The van der Waals surface area contributed by atoms with Gasteiger partial charge in [-0.05, 0) is 69.7 Å². The number of likely N-dealkylation sites (tertiary alicyclic amines) is 1. The molecule has 1 N–H and O–H groups in total. The summed E-state index contributed by atoms with van der Waals surface area (Å²) in [5.41, 5.74) is 1.77. The standard InChI is InChI=1S/C26H34N2O4/c1-3-31-24-18-22(26(30)27-20(2)12-13-21-10-6-4-7-11-21)14-15-23(24)32-19-25(29)28-16-8-5-9-17-28/h4,6-7,10-11,14-15,18,20H,3,5,8-9,12-13,16-17,19H2,1-2H3,(H,27,30). The second-order valence-corrected chi connectivity index (χ2v) is 8.22. The summed E-state index contributed by atoms with van der Waals surface area (Å²) in [6.45, 7) is 5.89. The van der Waals surface area contributed by atoms with Crippen molar-refractivity contribution >= 4 is 11.8 Å². The van der Waals surface area contributed by atoms with Crippen molar-refractivity contribution in [3.8, 4) is 11.5 Å². The number of ether oxygens (including phenoxy) is 2. The number of nitrogens with zero attached hydrogens (tertiary/aromatic N) is 1. The van der Waals surface area contributed by atoms with Gasteiger partial charge in [0, 0.05) is 24.7 Å². The third kappa shape index (κ3) is 7.01. The van der Waals surface area contributed by atoms with E-state index in [4.69, 9.17) is 9.47 Å². The van der Waals surface area contributed by atoms with Crippen LogP contribution in [0.2, 0.25) is 0 Å². The Balaban J connectivity index is 1.56. The average Bonchev–Trinajstić information content (AvgIpc) is 2.83. The molecule has 1 saturated heterocycles. The summed E-state index contributed by atoms with van der Waals surface area (Å²) in [5, 5.41) is 3.05. The van der Waals surface area contributed by atoms with Crippen LogP contribution >= 0.6 is 0 Å². The van der Waals surface area contributed by atoms with Gasteiger partial charge in [0.1, 0.15) is 0 Å². The lowest BCUT2D eigenvalue weighted by atomic mass is 10.1. The lowest BCUT2D eigenvalue weighted by molar-refractivity contribution is -0.134. The van der Waals surface area contributed by atoms with Crippen LogP contribution < -0.4 is 14.8 Å². The van der Waals surface area contributed by atoms with E-state index in [0.29, 0.717) is 23.7 Å². The minimum Gasteiger partial charge on any atom is -0.490 e. The third-order valence-electron chi connectivity index (χ3n) is 5.65. The van der Waals surface area contributed by atoms with E-state index in [0.717, 1.165) is 38.8 Å². The molecule has 0 bridgehead atoms. The molecule has 172 valence electrons. The maximum atomic E-state index is 12.7. The number of benzene rings is 2. The smallest absolute Gasteiger partial charge is 0.260 e. The zero-order valence-corrected chi connectivity index (χ0v) is 19.1. The lowest BCUT2D eigenvalue weighted by Gasteiger charge is -2.26. The van der Waals surface area contributed by atoms with Crippen molar-refractivity contribution in [2.75, 3.05) is 26.3 Å². The van der Waals surface area contributed by atoms with E-state index in [2.05, 4.69) is 17.4 Å². The molecule has 1 heterocycles. The molecule has 1 unspecified atom stereocenters. The van der Waals surface area contributed by atoms with Gasteiger partial charge in [0.05, 0.1) is 6.61 Å². The van der Waals surface area contributed by atoms with Crippen molar-refractivity contribution < 1.29 is 19.1 Å². The highest BCUT2D eigenvalue weighted by molar-refractivity contribution is 5.95. The van der Waals surface area contributed by atoms with Gasteiger partial charge in [-0.25, -0.2) is 0 Å². The van der Waals surface area contributed by atoms with E-state index in [1.54, 1.807) is 18.2 Å². The van der Waals surface area contributed by atoms with Gasteiger partial charge in [-0.15, -0.1) is 0 Å². The van der Waals surface area contributed by atoms with Gasteiger partial charge >= 0.3 is 0 Å². The zero-order valence-electron chi connectivity index (χ0n) is 19.1. The van der Waals surface area contributed by atoms with Gasteiger partial charge in [0.15, 0.2) is 18.1 Å². The van der Waals surface area contributed by atoms with Crippen LogP contribution in [-0.2, 0) is 11.2 Å². The maximum absolute atomic E-state index is 12.7. The molecule has 1 atom stereocenters. The number of rotatable bonds is 10. The van der Waals surface area contributed by atoms with Crippen molar-refractivity contribution in [1.29, 1.82) is 0 Å². The fourth-order valence-corrected chi connectivity index (χ4v) is 3.82. The number of aryl methyl sites for hydroxylation is 1. The molecule has 6 nitrogen and oxygen atoms in total. The first kappa shape index (κ1) is 23.6. The van der Waals surface area contributed by atoms with Gasteiger partial charge in [0.2, 0.25) is 0 Å². The summed E-state index contributed by atoms with van der Waals surface area (Å²) in [5.74, 6) is 0.790. The lowest BCUT2D eigenvalue weighted by Crippen LogP contribution is -2.38. The van der Waals surface area contributed by atoms with Crippen LogP contribution in [0.5, 0.6) is 11.5 Å². The Bertz CT molecular complexity index is 879. The first-order chi connectivity index (χ1) is 15.6. The number of hydrogen-bond donors (Lipinski definition) is 1. The van der Waals surface area contributed by atoms with E-state index in [1.165, 1.54) is 12.0 Å². The number of carbonyl (C=O) groups is 2. The highest BCUT2D eigenvalue weighted by Crippen LogP contribution is 2.29. The highest BCUT2D eigenvalue weighted by Gasteiger charge is 2.19. The molecule has 6 heteroatoms. The normalized spacial score (nSPS) is 14.5. The van der Waals surface area contributed by atoms with Crippen LogP contribution in [-0.4, -0.2) is 49.1 Å². The second-order valence-electron chi connectivity index (χ2n) is 8.22. The molecule has 0 aromatic heterocycles. The molecule has 0 spiro atoms. The number of piperidine rings is 1. The monoisotopic (exact) mass is 438 g/mol. The van der Waals surface area contributed by atoms with Gasteiger partial charge in [-0.3, -0.25) is 9.59 Å². The summed E-state index contributed by atoms with van der Waals surface area (Å²) in [4.78, 5) is 27.0.